The van der Waals surface area contributed by atoms with Crippen molar-refractivity contribution in [1.29, 1.82) is 0 Å². The molecule has 1 amide bonds. The van der Waals surface area contributed by atoms with E-state index in [1.165, 1.54) is 18.3 Å². The first-order chi connectivity index (χ1) is 17.3. The van der Waals surface area contributed by atoms with Gasteiger partial charge in [-0.15, -0.1) is 0 Å². The summed E-state index contributed by atoms with van der Waals surface area (Å²) in [4.78, 5) is 24.4. The molecule has 0 heterocycles. The lowest BCUT2D eigenvalue weighted by Gasteiger charge is -2.23. The summed E-state index contributed by atoms with van der Waals surface area (Å²) in [5.74, 6) is -1.19. The van der Waals surface area contributed by atoms with E-state index >= 15 is 0 Å². The van der Waals surface area contributed by atoms with Gasteiger partial charge in [0, 0.05) is 0 Å². The zero-order valence-electron chi connectivity index (χ0n) is 19.1. The number of amides is 1. The maximum absolute atomic E-state index is 13.1. The molecule has 3 aromatic rings. The highest BCUT2D eigenvalue weighted by Gasteiger charge is 2.33. The standard InChI is InChI=1S/C24H19ClF3N3O5S/c1-37(34,35)31(21-13-18(24(26,27)28)9-12-20(21)25)15-22(32)30-29-14-16-7-10-19(11-8-16)36-23(33)17-5-3-2-4-6-17/h2-14H,15H2,1H3,(H,30,32). The van der Waals surface area contributed by atoms with Crippen molar-refractivity contribution in [3.05, 3.63) is 94.5 Å². The summed E-state index contributed by atoms with van der Waals surface area (Å²) in [6.07, 6.45) is -2.78. The Labute approximate surface area is 215 Å². The van der Waals surface area contributed by atoms with Crippen molar-refractivity contribution in [3.8, 4) is 5.75 Å². The lowest BCUT2D eigenvalue weighted by atomic mass is 10.2. The average Bonchev–Trinajstić information content (AvgIpc) is 2.83. The number of esters is 1. The van der Waals surface area contributed by atoms with Gasteiger partial charge < -0.3 is 4.74 Å². The first-order valence-corrected chi connectivity index (χ1v) is 12.6. The number of benzene rings is 3. The minimum atomic E-state index is -4.75. The number of ether oxygens (including phenoxy) is 1. The number of nitrogens with zero attached hydrogens (tertiary/aromatic N) is 2. The molecule has 8 nitrogen and oxygen atoms in total. The molecule has 37 heavy (non-hydrogen) atoms. The average molecular weight is 554 g/mol. The number of carbonyl (C=O) groups is 2. The fraction of sp³-hybridized carbons (Fsp3) is 0.125. The van der Waals surface area contributed by atoms with Gasteiger partial charge in [-0.1, -0.05) is 29.8 Å². The molecule has 0 aliphatic carbocycles. The lowest BCUT2D eigenvalue weighted by Crippen LogP contribution is -2.39. The molecule has 0 aromatic heterocycles. The monoisotopic (exact) mass is 553 g/mol. The van der Waals surface area contributed by atoms with Gasteiger partial charge in [0.25, 0.3) is 5.91 Å². The van der Waals surface area contributed by atoms with Gasteiger partial charge in [0.15, 0.2) is 0 Å². The normalized spacial score (nSPS) is 11.8. The van der Waals surface area contributed by atoms with Crippen LogP contribution in [0, 0.1) is 0 Å². The second-order valence-electron chi connectivity index (χ2n) is 7.55. The zero-order valence-corrected chi connectivity index (χ0v) is 20.6. The summed E-state index contributed by atoms with van der Waals surface area (Å²) in [6, 6.07) is 16.6. The topological polar surface area (TPSA) is 105 Å². The molecule has 13 heteroatoms. The molecule has 0 atom stereocenters. The molecule has 0 saturated heterocycles. The number of hydrogen-bond acceptors (Lipinski definition) is 6. The second-order valence-corrected chi connectivity index (χ2v) is 9.87. The molecule has 1 N–H and O–H groups in total. The number of halogens is 4. The summed E-state index contributed by atoms with van der Waals surface area (Å²) in [5.41, 5.74) is 1.36. The number of sulfonamides is 1. The maximum atomic E-state index is 13.1. The molecule has 0 spiro atoms. The van der Waals surface area contributed by atoms with Crippen LogP contribution in [0.4, 0.5) is 18.9 Å². The molecule has 0 saturated carbocycles. The molecule has 3 rings (SSSR count). The molecule has 3 aromatic carbocycles. The Bertz CT molecular complexity index is 1410. The zero-order chi connectivity index (χ0) is 27.2. The number of rotatable bonds is 8. The molecule has 194 valence electrons. The van der Waals surface area contributed by atoms with Crippen molar-refractivity contribution in [2.45, 2.75) is 6.18 Å². The van der Waals surface area contributed by atoms with Gasteiger partial charge >= 0.3 is 12.1 Å². The van der Waals surface area contributed by atoms with E-state index < -0.39 is 45.9 Å². The van der Waals surface area contributed by atoms with Gasteiger partial charge in [0.2, 0.25) is 10.0 Å². The largest absolute Gasteiger partial charge is 0.423 e. The summed E-state index contributed by atoms with van der Waals surface area (Å²) < 4.78 is 69.4. The first-order valence-electron chi connectivity index (χ1n) is 10.4. The minimum absolute atomic E-state index is 0.275. The molecule has 0 aliphatic rings. The van der Waals surface area contributed by atoms with E-state index in [1.54, 1.807) is 42.5 Å². The van der Waals surface area contributed by atoms with E-state index in [9.17, 15) is 31.2 Å². The highest BCUT2D eigenvalue weighted by atomic mass is 35.5. The van der Waals surface area contributed by atoms with Gasteiger partial charge in [-0.3, -0.25) is 9.10 Å². The molecular weight excluding hydrogens is 535 g/mol. The molecule has 0 radical (unpaired) electrons. The Morgan fingerprint density at radius 3 is 2.30 bits per heavy atom. The van der Waals surface area contributed by atoms with E-state index in [4.69, 9.17) is 16.3 Å². The Morgan fingerprint density at radius 2 is 1.70 bits per heavy atom. The van der Waals surface area contributed by atoms with Crippen molar-refractivity contribution in [1.82, 2.24) is 5.43 Å². The second kappa shape index (κ2) is 11.4. The minimum Gasteiger partial charge on any atom is -0.423 e. The summed E-state index contributed by atoms with van der Waals surface area (Å²) >= 11 is 5.93. The number of hydrazone groups is 1. The molecule has 0 aliphatic heterocycles. The molecule has 0 bridgehead atoms. The molecular formula is C24H19ClF3N3O5S. The van der Waals surface area contributed by atoms with Crippen molar-refractivity contribution in [2.75, 3.05) is 17.1 Å². The van der Waals surface area contributed by atoms with Crippen LogP contribution in [0.15, 0.2) is 77.9 Å². The van der Waals surface area contributed by atoms with Crippen LogP contribution in [0.5, 0.6) is 5.75 Å². The number of anilines is 1. The summed E-state index contributed by atoms with van der Waals surface area (Å²) in [5, 5.41) is 3.43. The SMILES string of the molecule is CS(=O)(=O)N(CC(=O)NN=Cc1ccc(OC(=O)c2ccccc2)cc1)c1cc(C(F)(F)F)ccc1Cl. The van der Waals surface area contributed by atoms with E-state index in [0.29, 0.717) is 27.6 Å². The van der Waals surface area contributed by atoms with Crippen LogP contribution in [0.2, 0.25) is 5.02 Å². The Morgan fingerprint density at radius 1 is 1.05 bits per heavy atom. The fourth-order valence-corrected chi connectivity index (χ4v) is 4.10. The van der Waals surface area contributed by atoms with Crippen LogP contribution in [-0.2, 0) is 21.0 Å². The van der Waals surface area contributed by atoms with Gasteiger partial charge in [-0.25, -0.2) is 18.6 Å². The van der Waals surface area contributed by atoms with E-state index in [-0.39, 0.29) is 10.8 Å². The summed E-state index contributed by atoms with van der Waals surface area (Å²) in [7, 11) is -4.18. The third-order valence-corrected chi connectivity index (χ3v) is 6.18. The number of nitrogens with one attached hydrogen (secondary N) is 1. The van der Waals surface area contributed by atoms with Crippen LogP contribution >= 0.6 is 11.6 Å². The van der Waals surface area contributed by atoms with Crippen LogP contribution in [0.3, 0.4) is 0 Å². The predicted octanol–water partition coefficient (Wildman–Crippen LogP) is 4.49. The molecule has 0 unspecified atom stereocenters. The van der Waals surface area contributed by atoms with Gasteiger partial charge in [-0.2, -0.15) is 18.3 Å². The first kappa shape index (κ1) is 27.7. The van der Waals surface area contributed by atoms with Crippen molar-refractivity contribution < 1.29 is 35.9 Å². The fourth-order valence-electron chi connectivity index (χ4n) is 2.97. The Balaban J connectivity index is 1.65. The van der Waals surface area contributed by atoms with E-state index in [0.717, 1.165) is 12.3 Å². The van der Waals surface area contributed by atoms with Crippen molar-refractivity contribution >= 4 is 45.4 Å². The van der Waals surface area contributed by atoms with Crippen LogP contribution in [-0.4, -0.2) is 39.3 Å². The predicted molar refractivity (Wildman–Crippen MR) is 132 cm³/mol. The van der Waals surface area contributed by atoms with E-state index in [1.807, 2.05) is 0 Å². The summed E-state index contributed by atoms with van der Waals surface area (Å²) in [6.45, 7) is -0.869. The molecule has 0 fully saturated rings. The van der Waals surface area contributed by atoms with Gasteiger partial charge in [0.05, 0.1) is 34.3 Å². The number of alkyl halides is 3. The van der Waals surface area contributed by atoms with E-state index in [2.05, 4.69) is 10.5 Å². The van der Waals surface area contributed by atoms with Crippen molar-refractivity contribution in [2.24, 2.45) is 5.10 Å². The highest BCUT2D eigenvalue weighted by Crippen LogP contribution is 2.36. The quantitative estimate of drug-likeness (QED) is 0.191. The third-order valence-electron chi connectivity index (χ3n) is 4.73. The highest BCUT2D eigenvalue weighted by molar-refractivity contribution is 7.92. The maximum Gasteiger partial charge on any atom is 0.416 e. The third kappa shape index (κ3) is 7.79. The Kier molecular flexibility index (Phi) is 8.56. The number of carbonyl (C=O) groups excluding carboxylic acids is 2. The Hall–Kier alpha value is -3.90. The smallest absolute Gasteiger partial charge is 0.416 e. The van der Waals surface area contributed by atoms with Crippen molar-refractivity contribution in [3.63, 3.8) is 0 Å². The van der Waals surface area contributed by atoms with Crippen LogP contribution in [0.25, 0.3) is 0 Å². The van der Waals surface area contributed by atoms with Crippen LogP contribution in [0.1, 0.15) is 21.5 Å². The lowest BCUT2D eigenvalue weighted by molar-refractivity contribution is -0.137. The number of hydrogen-bond donors (Lipinski definition) is 1. The van der Waals surface area contributed by atoms with Gasteiger partial charge in [-0.05, 0) is 60.2 Å². The van der Waals surface area contributed by atoms with Gasteiger partial charge in [0.1, 0.15) is 12.3 Å². The van der Waals surface area contributed by atoms with Crippen LogP contribution < -0.4 is 14.5 Å².